The molecule has 4 aromatic rings. The minimum Gasteiger partial charge on any atom is -0.502 e. The van der Waals surface area contributed by atoms with Gasteiger partial charge in [0.05, 0.1) is 81.8 Å². The molecule has 0 fully saturated rings. The van der Waals surface area contributed by atoms with Crippen molar-refractivity contribution < 1.29 is 52.2 Å². The van der Waals surface area contributed by atoms with Gasteiger partial charge in [0.1, 0.15) is 5.76 Å². The fourth-order valence-corrected chi connectivity index (χ4v) is 6.57. The van der Waals surface area contributed by atoms with E-state index in [0.29, 0.717) is 58.8 Å². The predicted octanol–water partition coefficient (Wildman–Crippen LogP) is 5.25. The van der Waals surface area contributed by atoms with E-state index < -0.39 is 29.1 Å². The fourth-order valence-electron chi connectivity index (χ4n) is 6.57. The summed E-state index contributed by atoms with van der Waals surface area (Å²) in [5, 5.41) is 11.1. The van der Waals surface area contributed by atoms with E-state index in [4.69, 9.17) is 42.3 Å². The maximum absolute atomic E-state index is 13.4. The van der Waals surface area contributed by atoms with Crippen molar-refractivity contribution in [2.45, 2.75) is 31.3 Å². The maximum Gasteiger partial charge on any atom is 0.306 e. The van der Waals surface area contributed by atoms with Gasteiger partial charge in [0, 0.05) is 12.6 Å². The average Bonchev–Trinajstić information content (AvgIpc) is 3.16. The van der Waals surface area contributed by atoms with Crippen molar-refractivity contribution in [1.82, 2.24) is 4.90 Å². The van der Waals surface area contributed by atoms with Crippen LogP contribution in [-0.4, -0.2) is 79.4 Å². The number of methoxy groups -OCH3 is 8. The minimum absolute atomic E-state index is 0.0803. The lowest BCUT2D eigenvalue weighted by Gasteiger charge is -2.38. The Hall–Kier alpha value is -5.56. The first-order valence-corrected chi connectivity index (χ1v) is 16.1. The maximum atomic E-state index is 13.4. The number of hydrogen-bond donors (Lipinski definition) is 1. The molecule has 272 valence electrons. The molecule has 13 heteroatoms. The van der Waals surface area contributed by atoms with E-state index in [-0.39, 0.29) is 24.5 Å². The zero-order chi connectivity index (χ0) is 36.8. The van der Waals surface area contributed by atoms with Gasteiger partial charge in [-0.2, -0.15) is 0 Å². The van der Waals surface area contributed by atoms with Crippen LogP contribution < -0.4 is 38.6 Å². The molecule has 51 heavy (non-hydrogen) atoms. The number of esters is 1. The second-order valence-electron chi connectivity index (χ2n) is 11.7. The van der Waals surface area contributed by atoms with Crippen molar-refractivity contribution in [2.75, 3.05) is 63.4 Å². The van der Waals surface area contributed by atoms with Gasteiger partial charge in [-0.05, 0) is 65.1 Å². The van der Waals surface area contributed by atoms with Crippen LogP contribution in [0.5, 0.6) is 46.0 Å². The Bertz CT molecular complexity index is 1910. The summed E-state index contributed by atoms with van der Waals surface area (Å²) in [5.74, 6) is 1.53. The number of nitrogens with zero attached hydrogens (tertiary/aromatic N) is 1. The molecular formula is C38H43NO12. The number of hydrogen-bond acceptors (Lipinski definition) is 13. The summed E-state index contributed by atoms with van der Waals surface area (Å²) in [6.45, 7) is 0.694. The molecular weight excluding hydrogens is 662 g/mol. The van der Waals surface area contributed by atoms with Crippen LogP contribution >= 0.6 is 0 Å². The van der Waals surface area contributed by atoms with Gasteiger partial charge in [0.25, 0.3) is 0 Å². The molecule has 0 unspecified atom stereocenters. The lowest BCUT2D eigenvalue weighted by molar-refractivity contribution is -0.140. The van der Waals surface area contributed by atoms with Crippen LogP contribution in [0.15, 0.2) is 57.7 Å². The molecule has 1 aliphatic rings. The second kappa shape index (κ2) is 16.0. The largest absolute Gasteiger partial charge is 0.502 e. The van der Waals surface area contributed by atoms with E-state index in [1.165, 1.54) is 27.4 Å². The van der Waals surface area contributed by atoms with Crippen LogP contribution in [0.3, 0.4) is 0 Å². The highest BCUT2D eigenvalue weighted by molar-refractivity contribution is 5.71. The molecule has 2 heterocycles. The molecule has 1 aliphatic heterocycles. The lowest BCUT2D eigenvalue weighted by atomic mass is 9.87. The normalized spacial score (nSPS) is 14.5. The number of benzene rings is 3. The van der Waals surface area contributed by atoms with Gasteiger partial charge in [0.2, 0.25) is 16.9 Å². The van der Waals surface area contributed by atoms with Crippen molar-refractivity contribution >= 4 is 5.97 Å². The van der Waals surface area contributed by atoms with Crippen LogP contribution in [0.4, 0.5) is 0 Å². The number of fused-ring (bicyclic) bond motifs is 1. The van der Waals surface area contributed by atoms with E-state index in [2.05, 4.69) is 4.90 Å². The van der Waals surface area contributed by atoms with Gasteiger partial charge < -0.3 is 47.4 Å². The first kappa shape index (κ1) is 36.7. The Balaban J connectivity index is 1.65. The summed E-state index contributed by atoms with van der Waals surface area (Å²) >= 11 is 0. The Kier molecular flexibility index (Phi) is 11.5. The van der Waals surface area contributed by atoms with Crippen molar-refractivity contribution in [3.05, 3.63) is 92.5 Å². The zero-order valence-corrected chi connectivity index (χ0v) is 30.0. The highest BCUT2D eigenvalue weighted by Gasteiger charge is 2.34. The van der Waals surface area contributed by atoms with Crippen LogP contribution in [0.25, 0.3) is 0 Å². The van der Waals surface area contributed by atoms with Gasteiger partial charge in [0.15, 0.2) is 40.3 Å². The number of rotatable bonds is 14. The van der Waals surface area contributed by atoms with Crippen molar-refractivity contribution in [1.29, 1.82) is 0 Å². The summed E-state index contributed by atoms with van der Waals surface area (Å²) in [6.07, 6.45) is 0.418. The highest BCUT2D eigenvalue weighted by atomic mass is 16.5. The van der Waals surface area contributed by atoms with Gasteiger partial charge in [-0.1, -0.05) is 6.07 Å². The van der Waals surface area contributed by atoms with Gasteiger partial charge in [-0.15, -0.1) is 0 Å². The van der Waals surface area contributed by atoms with E-state index in [0.717, 1.165) is 16.7 Å². The highest BCUT2D eigenvalue weighted by Crippen LogP contribution is 2.46. The predicted molar refractivity (Wildman–Crippen MR) is 186 cm³/mol. The number of ether oxygens (including phenoxy) is 8. The molecule has 0 amide bonds. The van der Waals surface area contributed by atoms with Crippen molar-refractivity contribution in [3.8, 4) is 46.0 Å². The first-order chi connectivity index (χ1) is 24.6. The zero-order valence-electron chi connectivity index (χ0n) is 30.0. The number of carbonyl (C=O) groups excluding carboxylic acids is 1. The molecule has 5 rings (SSSR count). The van der Waals surface area contributed by atoms with Crippen LogP contribution in [0, 0.1) is 0 Å². The van der Waals surface area contributed by atoms with E-state index in [1.807, 2.05) is 24.3 Å². The van der Waals surface area contributed by atoms with E-state index in [9.17, 15) is 14.7 Å². The first-order valence-electron chi connectivity index (χ1n) is 16.1. The molecule has 0 spiro atoms. The minimum atomic E-state index is -0.894. The van der Waals surface area contributed by atoms with Crippen LogP contribution in [0.2, 0.25) is 0 Å². The molecule has 0 saturated heterocycles. The van der Waals surface area contributed by atoms with E-state index >= 15 is 0 Å². The average molecular weight is 706 g/mol. The smallest absolute Gasteiger partial charge is 0.306 e. The SMILES string of the molecule is COC(=O)C[C@@H](c1ccc(OC)c(OC)c1)c1oc(CN2CCc3cc(OC)c(OC)cc3[C@H]2c2cc(OC)c(OC)c(OC)c2)cc(=O)c1O. The van der Waals surface area contributed by atoms with Gasteiger partial charge >= 0.3 is 5.97 Å². The lowest BCUT2D eigenvalue weighted by Crippen LogP contribution is -2.36. The monoisotopic (exact) mass is 705 g/mol. The Morgan fingerprint density at radius 2 is 1.39 bits per heavy atom. The third kappa shape index (κ3) is 7.34. The Labute approximate surface area is 296 Å². The van der Waals surface area contributed by atoms with Gasteiger partial charge in [-0.25, -0.2) is 0 Å². The summed E-state index contributed by atoms with van der Waals surface area (Å²) in [4.78, 5) is 28.2. The van der Waals surface area contributed by atoms with Crippen molar-refractivity contribution in [3.63, 3.8) is 0 Å². The Morgan fingerprint density at radius 1 is 0.784 bits per heavy atom. The molecule has 0 radical (unpaired) electrons. The topological polar surface area (TPSA) is 145 Å². The fraction of sp³-hybridized carbons (Fsp3) is 0.368. The van der Waals surface area contributed by atoms with Crippen LogP contribution in [-0.2, 0) is 22.5 Å². The quantitative estimate of drug-likeness (QED) is 0.171. The van der Waals surface area contributed by atoms with Gasteiger partial charge in [-0.3, -0.25) is 14.5 Å². The third-order valence-electron chi connectivity index (χ3n) is 9.06. The molecule has 13 nitrogen and oxygen atoms in total. The third-order valence-corrected chi connectivity index (χ3v) is 9.06. The standard InChI is InChI=1S/C38H43NO12/c1-43-28-10-9-21(13-29(28)44-2)26(19-34(41)49-7)37-36(42)27(40)17-24(51-37)20-39-12-11-22-14-30(45-3)31(46-4)18-25(22)35(39)23-15-32(47-5)38(50-8)33(16-23)48-6/h9-10,13-18,26,35,42H,11-12,19-20H2,1-8H3/t26-,35+/m0/s1. The molecule has 3 aromatic carbocycles. The summed E-state index contributed by atoms with van der Waals surface area (Å²) < 4.78 is 50.6. The summed E-state index contributed by atoms with van der Waals surface area (Å²) in [6, 6.07) is 13.6. The van der Waals surface area contributed by atoms with Crippen LogP contribution in [0.1, 0.15) is 52.2 Å². The Morgan fingerprint density at radius 3 is 1.98 bits per heavy atom. The molecule has 2 atom stereocenters. The molecule has 0 bridgehead atoms. The van der Waals surface area contributed by atoms with Crippen molar-refractivity contribution in [2.24, 2.45) is 0 Å². The molecule has 0 aliphatic carbocycles. The molecule has 0 saturated carbocycles. The second-order valence-corrected chi connectivity index (χ2v) is 11.7. The summed E-state index contributed by atoms with van der Waals surface area (Å²) in [7, 11) is 12.1. The summed E-state index contributed by atoms with van der Waals surface area (Å²) in [5.41, 5.74) is 2.67. The van der Waals surface area contributed by atoms with E-state index in [1.54, 1.807) is 53.7 Å². The number of carbonyl (C=O) groups is 1. The molecule has 1 aromatic heterocycles. The molecule has 1 N–H and O–H groups in total. The number of aromatic hydroxyl groups is 1.